The van der Waals surface area contributed by atoms with Crippen molar-refractivity contribution in [3.8, 4) is 17.2 Å². The Kier molecular flexibility index (Phi) is 2.42. The minimum Gasteiger partial charge on any atom is -0.226 e. The van der Waals surface area contributed by atoms with Gasteiger partial charge in [0.25, 0.3) is 0 Å². The maximum Gasteiger partial charge on any atom is 0.195 e. The van der Waals surface area contributed by atoms with Gasteiger partial charge in [-0.1, -0.05) is 37.3 Å². The third-order valence-electron chi connectivity index (χ3n) is 4.07. The number of aromatic nitrogens is 1. The minimum absolute atomic E-state index is 0.471. The van der Waals surface area contributed by atoms with Crippen molar-refractivity contribution in [3.05, 3.63) is 52.5 Å². The van der Waals surface area contributed by atoms with Crippen molar-refractivity contribution in [1.82, 2.24) is 4.98 Å². The van der Waals surface area contributed by atoms with Crippen LogP contribution in [0, 0.1) is 11.3 Å². The second-order valence-electron chi connectivity index (χ2n) is 5.06. The lowest BCUT2D eigenvalue weighted by atomic mass is 9.94. The molecule has 1 heterocycles. The summed E-state index contributed by atoms with van der Waals surface area (Å²) in [5.41, 5.74) is 6.34. The van der Waals surface area contributed by atoms with Gasteiger partial charge >= 0.3 is 0 Å². The van der Waals surface area contributed by atoms with Gasteiger partial charge in [0.05, 0.1) is 10.2 Å². The van der Waals surface area contributed by atoms with Crippen LogP contribution in [-0.2, 0) is 0 Å². The molecule has 0 saturated heterocycles. The molecular formula is C17H12N2S. The average molecular weight is 276 g/mol. The Morgan fingerprint density at radius 1 is 1.20 bits per heavy atom. The van der Waals surface area contributed by atoms with Crippen molar-refractivity contribution in [2.24, 2.45) is 0 Å². The number of nitriles is 1. The van der Waals surface area contributed by atoms with E-state index in [2.05, 4.69) is 54.4 Å². The largest absolute Gasteiger partial charge is 0.226 e. The van der Waals surface area contributed by atoms with Crippen LogP contribution in [0.3, 0.4) is 0 Å². The van der Waals surface area contributed by atoms with Crippen molar-refractivity contribution in [3.63, 3.8) is 0 Å². The Bertz CT molecular complexity index is 870. The molecule has 0 saturated carbocycles. The van der Waals surface area contributed by atoms with E-state index in [0.717, 1.165) is 16.6 Å². The van der Waals surface area contributed by atoms with Crippen molar-refractivity contribution in [2.45, 2.75) is 19.3 Å². The summed E-state index contributed by atoms with van der Waals surface area (Å²) in [6, 6.07) is 15.0. The first kappa shape index (κ1) is 11.6. The summed E-state index contributed by atoms with van der Waals surface area (Å²) in [5.74, 6) is 0.471. The number of nitrogens with zero attached hydrogens (tertiary/aromatic N) is 2. The summed E-state index contributed by atoms with van der Waals surface area (Å²) in [4.78, 5) is 4.39. The molecule has 4 rings (SSSR count). The molecule has 1 atom stereocenters. The van der Waals surface area contributed by atoms with Gasteiger partial charge in [-0.25, -0.2) is 4.98 Å². The first-order valence-corrected chi connectivity index (χ1v) is 7.58. The van der Waals surface area contributed by atoms with Crippen LogP contribution in [0.25, 0.3) is 21.3 Å². The van der Waals surface area contributed by atoms with Gasteiger partial charge in [0.1, 0.15) is 6.07 Å². The summed E-state index contributed by atoms with van der Waals surface area (Å²) in [6.45, 7) is 2.23. The standard InChI is InChI=1S/C17H12N2S/c1-2-10-11-5-3-4-6-12(11)16-13(10)7-8-14-17(16)20-15(9-18)19-14/h3-8,10H,2H2,1H3. The molecule has 2 aromatic carbocycles. The number of benzene rings is 2. The molecule has 1 aliphatic rings. The second-order valence-corrected chi connectivity index (χ2v) is 6.06. The second kappa shape index (κ2) is 4.16. The number of hydrogen-bond acceptors (Lipinski definition) is 3. The van der Waals surface area contributed by atoms with Gasteiger partial charge in [-0.3, -0.25) is 0 Å². The fourth-order valence-corrected chi connectivity index (χ4v) is 4.19. The fourth-order valence-electron chi connectivity index (χ4n) is 3.26. The summed E-state index contributed by atoms with van der Waals surface area (Å²) >= 11 is 1.51. The van der Waals surface area contributed by atoms with Gasteiger partial charge in [0, 0.05) is 11.5 Å². The van der Waals surface area contributed by atoms with Crippen LogP contribution in [0.5, 0.6) is 0 Å². The van der Waals surface area contributed by atoms with Crippen LogP contribution in [0.4, 0.5) is 0 Å². The normalized spacial score (nSPS) is 15.9. The maximum absolute atomic E-state index is 9.08. The van der Waals surface area contributed by atoms with Gasteiger partial charge in [0.15, 0.2) is 5.01 Å². The highest BCUT2D eigenvalue weighted by atomic mass is 32.1. The summed E-state index contributed by atoms with van der Waals surface area (Å²) in [7, 11) is 0. The van der Waals surface area contributed by atoms with E-state index >= 15 is 0 Å². The highest BCUT2D eigenvalue weighted by molar-refractivity contribution is 7.19. The summed E-state index contributed by atoms with van der Waals surface area (Å²) in [5, 5.41) is 9.63. The van der Waals surface area contributed by atoms with E-state index in [9.17, 15) is 0 Å². The number of hydrogen-bond donors (Lipinski definition) is 0. The fraction of sp³-hybridized carbons (Fsp3) is 0.176. The monoisotopic (exact) mass is 276 g/mol. The van der Waals surface area contributed by atoms with Gasteiger partial charge in [-0.15, -0.1) is 11.3 Å². The summed E-state index contributed by atoms with van der Waals surface area (Å²) < 4.78 is 1.16. The molecule has 3 aromatic rings. The lowest BCUT2D eigenvalue weighted by Gasteiger charge is -2.09. The van der Waals surface area contributed by atoms with E-state index in [4.69, 9.17) is 5.26 Å². The van der Waals surface area contributed by atoms with Gasteiger partial charge in [0.2, 0.25) is 0 Å². The molecule has 1 aromatic heterocycles. The predicted octanol–water partition coefficient (Wildman–Crippen LogP) is 4.69. The Labute approximate surface area is 121 Å². The van der Waals surface area contributed by atoms with Crippen LogP contribution in [0.2, 0.25) is 0 Å². The SMILES string of the molecule is CCC1c2ccccc2-c2c1ccc1nc(C#N)sc21. The molecule has 20 heavy (non-hydrogen) atoms. The first-order chi connectivity index (χ1) is 9.83. The van der Waals surface area contributed by atoms with Crippen molar-refractivity contribution < 1.29 is 0 Å². The summed E-state index contributed by atoms with van der Waals surface area (Å²) in [6.07, 6.45) is 1.10. The van der Waals surface area contributed by atoms with Crippen molar-refractivity contribution in [1.29, 1.82) is 5.26 Å². The first-order valence-electron chi connectivity index (χ1n) is 6.76. The quantitative estimate of drug-likeness (QED) is 0.646. The molecule has 0 amide bonds. The van der Waals surface area contributed by atoms with Gasteiger partial charge in [-0.2, -0.15) is 5.26 Å². The third-order valence-corrected chi connectivity index (χ3v) is 5.07. The van der Waals surface area contributed by atoms with E-state index in [1.54, 1.807) is 0 Å². The molecule has 2 nitrogen and oxygen atoms in total. The molecule has 0 N–H and O–H groups in total. The zero-order valence-corrected chi connectivity index (χ0v) is 11.9. The third kappa shape index (κ3) is 1.40. The Balaban J connectivity index is 2.13. The van der Waals surface area contributed by atoms with Crippen LogP contribution in [0.1, 0.15) is 35.4 Å². The molecule has 1 aliphatic carbocycles. The smallest absolute Gasteiger partial charge is 0.195 e. The molecule has 0 bridgehead atoms. The molecule has 3 heteroatoms. The van der Waals surface area contributed by atoms with Crippen LogP contribution in [-0.4, -0.2) is 4.98 Å². The Hall–Kier alpha value is -2.18. The molecular weight excluding hydrogens is 264 g/mol. The molecule has 96 valence electrons. The van der Waals surface area contributed by atoms with E-state index < -0.39 is 0 Å². The Morgan fingerprint density at radius 3 is 2.85 bits per heavy atom. The molecule has 0 aliphatic heterocycles. The highest BCUT2D eigenvalue weighted by Crippen LogP contribution is 2.50. The molecule has 1 unspecified atom stereocenters. The molecule has 0 fully saturated rings. The van der Waals surface area contributed by atoms with E-state index in [0.29, 0.717) is 10.9 Å². The van der Waals surface area contributed by atoms with Crippen LogP contribution >= 0.6 is 11.3 Å². The van der Waals surface area contributed by atoms with Gasteiger partial charge < -0.3 is 0 Å². The predicted molar refractivity (Wildman–Crippen MR) is 81.9 cm³/mol. The van der Waals surface area contributed by atoms with Crippen molar-refractivity contribution >= 4 is 21.6 Å². The Morgan fingerprint density at radius 2 is 2.05 bits per heavy atom. The van der Waals surface area contributed by atoms with Gasteiger partial charge in [-0.05, 0) is 29.2 Å². The lowest BCUT2D eigenvalue weighted by Crippen LogP contribution is -1.93. The number of rotatable bonds is 1. The van der Waals surface area contributed by atoms with Crippen LogP contribution in [0.15, 0.2) is 36.4 Å². The molecule has 0 radical (unpaired) electrons. The zero-order valence-electron chi connectivity index (χ0n) is 11.1. The average Bonchev–Trinajstić information content (AvgIpc) is 3.04. The highest BCUT2D eigenvalue weighted by Gasteiger charge is 2.29. The zero-order chi connectivity index (χ0) is 13.7. The van der Waals surface area contributed by atoms with Crippen LogP contribution < -0.4 is 0 Å². The van der Waals surface area contributed by atoms with E-state index in [1.165, 1.54) is 33.6 Å². The van der Waals surface area contributed by atoms with E-state index in [-0.39, 0.29) is 0 Å². The maximum atomic E-state index is 9.08. The van der Waals surface area contributed by atoms with Crippen molar-refractivity contribution in [2.75, 3.05) is 0 Å². The molecule has 0 spiro atoms. The number of fused-ring (bicyclic) bond motifs is 5. The lowest BCUT2D eigenvalue weighted by molar-refractivity contribution is 0.798. The van der Waals surface area contributed by atoms with E-state index in [1.807, 2.05) is 0 Å². The minimum atomic E-state index is 0.471. The number of thiazole rings is 1. The topological polar surface area (TPSA) is 36.7 Å².